The van der Waals surface area contributed by atoms with Gasteiger partial charge >= 0.3 is 0 Å². The van der Waals surface area contributed by atoms with E-state index in [0.717, 1.165) is 35.7 Å². The summed E-state index contributed by atoms with van der Waals surface area (Å²) in [5.74, 6) is 1.03. The largest absolute Gasteiger partial charge is 0.387 e. The molecule has 0 spiro atoms. The van der Waals surface area contributed by atoms with Crippen molar-refractivity contribution in [2.24, 2.45) is 5.73 Å². The van der Waals surface area contributed by atoms with Crippen molar-refractivity contribution in [3.8, 4) is 0 Å². The predicted molar refractivity (Wildman–Crippen MR) is 137 cm³/mol. The van der Waals surface area contributed by atoms with Gasteiger partial charge in [0, 0.05) is 37.4 Å². The van der Waals surface area contributed by atoms with E-state index in [1.807, 2.05) is 60.4 Å². The van der Waals surface area contributed by atoms with Gasteiger partial charge in [-0.15, -0.1) is 0 Å². The third kappa shape index (κ3) is 7.07. The molecule has 1 aliphatic rings. The van der Waals surface area contributed by atoms with Gasteiger partial charge in [0.15, 0.2) is 0 Å². The third-order valence-electron chi connectivity index (χ3n) is 5.35. The van der Waals surface area contributed by atoms with Gasteiger partial charge in [0.1, 0.15) is 5.82 Å². The molecule has 1 aliphatic heterocycles. The molecule has 174 valence electrons. The van der Waals surface area contributed by atoms with Gasteiger partial charge in [0.2, 0.25) is 0 Å². The number of aryl methyl sites for hydroxylation is 1. The SMILES string of the molecule is C=C/C=C(\C=C/C)c1ccn(/C(=C\CN/C=C\C(N)c2cccc(C)c2)N2CCOCC2)n1. The van der Waals surface area contributed by atoms with E-state index in [2.05, 4.69) is 48.0 Å². The molecular weight excluding hydrogens is 410 g/mol. The zero-order chi connectivity index (χ0) is 23.5. The summed E-state index contributed by atoms with van der Waals surface area (Å²) in [6, 6.07) is 10.2. The van der Waals surface area contributed by atoms with Crippen LogP contribution < -0.4 is 11.1 Å². The Labute approximate surface area is 197 Å². The van der Waals surface area contributed by atoms with Gasteiger partial charge in [-0.2, -0.15) is 5.10 Å². The molecule has 1 unspecified atom stereocenters. The molecule has 6 nitrogen and oxygen atoms in total. The Morgan fingerprint density at radius 3 is 2.85 bits per heavy atom. The lowest BCUT2D eigenvalue weighted by Crippen LogP contribution is -2.37. The van der Waals surface area contributed by atoms with Gasteiger partial charge in [-0.1, -0.05) is 60.7 Å². The minimum atomic E-state index is -0.143. The van der Waals surface area contributed by atoms with Crippen LogP contribution in [0, 0.1) is 6.92 Å². The zero-order valence-corrected chi connectivity index (χ0v) is 19.7. The normalized spacial score (nSPS) is 16.5. The number of nitrogens with one attached hydrogen (secondary N) is 1. The second-order valence-electron chi connectivity index (χ2n) is 7.87. The molecule has 1 atom stereocenters. The molecule has 3 rings (SSSR count). The monoisotopic (exact) mass is 445 g/mol. The Morgan fingerprint density at radius 1 is 1.30 bits per heavy atom. The fraction of sp³-hybridized carbons (Fsp3) is 0.296. The van der Waals surface area contributed by atoms with Gasteiger partial charge < -0.3 is 20.7 Å². The van der Waals surface area contributed by atoms with E-state index >= 15 is 0 Å². The van der Waals surface area contributed by atoms with Crippen LogP contribution in [-0.2, 0) is 4.74 Å². The van der Waals surface area contributed by atoms with E-state index in [0.29, 0.717) is 19.8 Å². The maximum atomic E-state index is 6.30. The minimum Gasteiger partial charge on any atom is -0.387 e. The van der Waals surface area contributed by atoms with Crippen LogP contribution in [0.15, 0.2) is 85.8 Å². The number of benzene rings is 1. The van der Waals surface area contributed by atoms with Crippen molar-refractivity contribution in [1.29, 1.82) is 0 Å². The highest BCUT2D eigenvalue weighted by atomic mass is 16.5. The quantitative estimate of drug-likeness (QED) is 0.422. The number of allylic oxidation sites excluding steroid dienone is 5. The Kier molecular flexibility index (Phi) is 9.30. The van der Waals surface area contributed by atoms with E-state index in [-0.39, 0.29) is 6.04 Å². The molecule has 2 aromatic rings. The Morgan fingerprint density at radius 2 is 2.12 bits per heavy atom. The lowest BCUT2D eigenvalue weighted by molar-refractivity contribution is 0.0611. The lowest BCUT2D eigenvalue weighted by atomic mass is 10.1. The molecule has 6 heteroatoms. The van der Waals surface area contributed by atoms with E-state index in [9.17, 15) is 0 Å². The van der Waals surface area contributed by atoms with Crippen LogP contribution in [0.2, 0.25) is 0 Å². The average Bonchev–Trinajstić information content (AvgIpc) is 3.31. The number of nitrogens with zero attached hydrogens (tertiary/aromatic N) is 3. The summed E-state index contributed by atoms with van der Waals surface area (Å²) in [5, 5.41) is 8.17. The minimum absolute atomic E-state index is 0.143. The van der Waals surface area contributed by atoms with Gasteiger partial charge in [-0.3, -0.25) is 0 Å². The van der Waals surface area contributed by atoms with Crippen LogP contribution in [0.25, 0.3) is 11.4 Å². The van der Waals surface area contributed by atoms with Crippen molar-refractivity contribution in [2.45, 2.75) is 19.9 Å². The van der Waals surface area contributed by atoms with E-state index in [1.54, 1.807) is 6.08 Å². The maximum Gasteiger partial charge on any atom is 0.127 e. The van der Waals surface area contributed by atoms with Gasteiger partial charge in [-0.05, 0) is 43.8 Å². The summed E-state index contributed by atoms with van der Waals surface area (Å²) in [5.41, 5.74) is 10.5. The third-order valence-corrected chi connectivity index (χ3v) is 5.35. The van der Waals surface area contributed by atoms with E-state index in [4.69, 9.17) is 15.6 Å². The summed E-state index contributed by atoms with van der Waals surface area (Å²) in [6.07, 6.45) is 15.8. The standard InChI is InChI=1S/C27H35N5O/c1-4-7-23(8-5-2)26-13-16-32(30-26)27(31-17-19-33-20-18-31)12-15-29-14-11-25(28)24-10-6-9-22(3)21-24/h4-14,16,21,25,29H,1,15,17-20,28H2,2-3H3/b8-5-,14-11-,23-7+,27-12-. The molecule has 0 radical (unpaired) electrons. The molecule has 3 N–H and O–H groups in total. The molecule has 1 fully saturated rings. The highest BCUT2D eigenvalue weighted by Crippen LogP contribution is 2.18. The Bertz CT molecular complexity index is 1020. The molecule has 0 saturated carbocycles. The van der Waals surface area contributed by atoms with Crippen LogP contribution in [0.5, 0.6) is 0 Å². The number of aromatic nitrogens is 2. The summed E-state index contributed by atoms with van der Waals surface area (Å²) < 4.78 is 7.48. The number of rotatable bonds is 10. The fourth-order valence-electron chi connectivity index (χ4n) is 3.68. The summed E-state index contributed by atoms with van der Waals surface area (Å²) in [4.78, 5) is 2.30. The van der Waals surface area contributed by atoms with Crippen LogP contribution in [0.4, 0.5) is 0 Å². The van der Waals surface area contributed by atoms with Gasteiger partial charge in [-0.25, -0.2) is 4.68 Å². The number of hydrogen-bond acceptors (Lipinski definition) is 5. The van der Waals surface area contributed by atoms with Crippen LogP contribution >= 0.6 is 0 Å². The van der Waals surface area contributed by atoms with E-state index in [1.165, 1.54) is 5.56 Å². The van der Waals surface area contributed by atoms with Crippen molar-refractivity contribution in [1.82, 2.24) is 20.0 Å². The second kappa shape index (κ2) is 12.6. The molecule has 2 heterocycles. The Hall–Kier alpha value is -3.35. The molecule has 0 aliphatic carbocycles. The Balaban J connectivity index is 1.72. The first-order valence-electron chi connectivity index (χ1n) is 11.4. The van der Waals surface area contributed by atoms with Crippen LogP contribution in [0.3, 0.4) is 0 Å². The smallest absolute Gasteiger partial charge is 0.127 e. The first kappa shape index (κ1) is 24.3. The average molecular weight is 446 g/mol. The van der Waals surface area contributed by atoms with Crippen LogP contribution in [-0.4, -0.2) is 47.5 Å². The number of ether oxygens (including phenoxy) is 1. The first-order chi connectivity index (χ1) is 16.1. The van der Waals surface area contributed by atoms with Crippen molar-refractivity contribution in [3.63, 3.8) is 0 Å². The summed E-state index contributed by atoms with van der Waals surface area (Å²) in [6.45, 7) is 11.6. The van der Waals surface area contributed by atoms with E-state index < -0.39 is 0 Å². The van der Waals surface area contributed by atoms with Gasteiger partial charge in [0.05, 0.1) is 18.9 Å². The first-order valence-corrected chi connectivity index (χ1v) is 11.4. The number of nitrogens with two attached hydrogens (primary N) is 1. The number of morpholine rings is 1. The number of hydrogen-bond donors (Lipinski definition) is 2. The summed E-state index contributed by atoms with van der Waals surface area (Å²) in [7, 11) is 0. The summed E-state index contributed by atoms with van der Waals surface area (Å²) >= 11 is 0. The molecule has 1 aromatic carbocycles. The molecule has 33 heavy (non-hydrogen) atoms. The zero-order valence-electron chi connectivity index (χ0n) is 19.7. The molecule has 1 saturated heterocycles. The second-order valence-corrected chi connectivity index (χ2v) is 7.87. The van der Waals surface area contributed by atoms with Crippen molar-refractivity contribution in [2.75, 3.05) is 32.8 Å². The van der Waals surface area contributed by atoms with Crippen molar-refractivity contribution >= 4 is 11.4 Å². The fourth-order valence-corrected chi connectivity index (χ4v) is 3.68. The van der Waals surface area contributed by atoms with Crippen LogP contribution in [0.1, 0.15) is 29.8 Å². The highest BCUT2D eigenvalue weighted by Gasteiger charge is 2.16. The van der Waals surface area contributed by atoms with Gasteiger partial charge in [0.25, 0.3) is 0 Å². The van der Waals surface area contributed by atoms with Crippen molar-refractivity contribution in [3.05, 3.63) is 103 Å². The molecular formula is C27H35N5O. The maximum absolute atomic E-state index is 6.30. The topological polar surface area (TPSA) is 68.3 Å². The molecule has 0 bridgehead atoms. The molecule has 0 amide bonds. The predicted octanol–water partition coefficient (Wildman–Crippen LogP) is 4.27. The molecule has 1 aromatic heterocycles. The highest BCUT2D eigenvalue weighted by molar-refractivity contribution is 5.72. The van der Waals surface area contributed by atoms with Crippen molar-refractivity contribution < 1.29 is 4.74 Å². The lowest BCUT2D eigenvalue weighted by Gasteiger charge is -2.30.